The van der Waals surface area contributed by atoms with Crippen molar-refractivity contribution in [3.8, 4) is 0 Å². The van der Waals surface area contributed by atoms with Gasteiger partial charge >= 0.3 is 0 Å². The van der Waals surface area contributed by atoms with Crippen LogP contribution in [0.1, 0.15) is 18.1 Å². The second-order valence-electron chi connectivity index (χ2n) is 5.43. The van der Waals surface area contributed by atoms with Crippen LogP contribution in [0.2, 0.25) is 0 Å². The monoisotopic (exact) mass is 305 g/mol. The fourth-order valence-corrected chi connectivity index (χ4v) is 4.67. The molecule has 0 nitrogen and oxygen atoms in total. The molecule has 0 fully saturated rings. The fourth-order valence-electron chi connectivity index (χ4n) is 2.53. The largest absolute Gasteiger partial charge is 0.166 e. The van der Waals surface area contributed by atoms with Crippen LogP contribution in [-0.2, 0) is 17.3 Å². The summed E-state index contributed by atoms with van der Waals surface area (Å²) < 4.78 is 0. The third-order valence-electron chi connectivity index (χ3n) is 3.78. The maximum Gasteiger partial charge on any atom is 0.166 e. The number of aryl methyl sites for hydroxylation is 2. The Morgan fingerprint density at radius 3 is 2.00 bits per heavy atom. The van der Waals surface area contributed by atoms with Crippen molar-refractivity contribution in [2.75, 3.05) is 0 Å². The van der Waals surface area contributed by atoms with E-state index in [-0.39, 0.29) is 10.9 Å². The molecule has 0 aliphatic rings. The molecule has 0 aliphatic heterocycles. The first-order valence-electron chi connectivity index (χ1n) is 7.73. The Hall–Kier alpha value is -1.99. The van der Waals surface area contributed by atoms with Crippen molar-refractivity contribution in [1.82, 2.24) is 0 Å². The average Bonchev–Trinajstić information content (AvgIpc) is 2.58. The number of hydrogen-bond acceptors (Lipinski definition) is 0. The molecule has 0 N–H and O–H groups in total. The first-order chi connectivity index (χ1) is 10.8. The van der Waals surface area contributed by atoms with Crippen LogP contribution >= 0.6 is 0 Å². The van der Waals surface area contributed by atoms with Crippen molar-refractivity contribution in [3.05, 3.63) is 90.0 Å². The van der Waals surface area contributed by atoms with Gasteiger partial charge in [0.1, 0.15) is 0 Å². The molecular weight excluding hydrogens is 284 g/mol. The smallest absolute Gasteiger partial charge is 0.0619 e. The van der Waals surface area contributed by atoms with Crippen LogP contribution in [0.3, 0.4) is 0 Å². The normalized spacial score (nSPS) is 12.1. The van der Waals surface area contributed by atoms with Crippen molar-refractivity contribution in [2.24, 2.45) is 0 Å². The van der Waals surface area contributed by atoms with E-state index in [1.165, 1.54) is 25.8 Å². The first kappa shape index (κ1) is 14.9. The van der Waals surface area contributed by atoms with Gasteiger partial charge in [0.2, 0.25) is 0 Å². The summed E-state index contributed by atoms with van der Waals surface area (Å²) in [6.07, 6.45) is 1.08. The third-order valence-corrected chi connectivity index (χ3v) is 5.99. The highest BCUT2D eigenvalue weighted by molar-refractivity contribution is 7.97. The second-order valence-corrected chi connectivity index (χ2v) is 7.46. The summed E-state index contributed by atoms with van der Waals surface area (Å²) in [5, 5.41) is 0. The minimum atomic E-state index is -0.0348. The van der Waals surface area contributed by atoms with Gasteiger partial charge in [-0.3, -0.25) is 0 Å². The zero-order valence-corrected chi connectivity index (χ0v) is 13.9. The second kappa shape index (κ2) is 6.85. The molecule has 1 unspecified atom stereocenters. The van der Waals surface area contributed by atoms with Crippen LogP contribution in [0.4, 0.5) is 0 Å². The quantitative estimate of drug-likeness (QED) is 0.546. The summed E-state index contributed by atoms with van der Waals surface area (Å²) in [6, 6.07) is 28.8. The van der Waals surface area contributed by atoms with Gasteiger partial charge in [0.15, 0.2) is 14.7 Å². The minimum Gasteiger partial charge on any atom is -0.0619 e. The predicted molar refractivity (Wildman–Crippen MR) is 95.6 cm³/mol. The van der Waals surface area contributed by atoms with E-state index in [9.17, 15) is 0 Å². The van der Waals surface area contributed by atoms with Crippen molar-refractivity contribution >= 4 is 10.9 Å². The number of hydrogen-bond donors (Lipinski definition) is 0. The third kappa shape index (κ3) is 3.26. The molecule has 0 radical (unpaired) electrons. The molecule has 3 aromatic carbocycles. The Morgan fingerprint density at radius 1 is 0.682 bits per heavy atom. The highest BCUT2D eigenvalue weighted by Crippen LogP contribution is 2.31. The lowest BCUT2D eigenvalue weighted by Gasteiger charge is -2.09. The molecule has 0 spiro atoms. The van der Waals surface area contributed by atoms with Crippen molar-refractivity contribution in [1.29, 1.82) is 0 Å². The standard InChI is InChI=1S/C21H21S/c1-3-18-8-7-11-21(16-18)22(19-9-5-4-6-10-19)20-14-12-17(2)13-15-20/h4-16H,3H2,1-2H3/q+1. The molecule has 3 aromatic rings. The fraction of sp³-hybridized carbons (Fsp3) is 0.143. The van der Waals surface area contributed by atoms with Gasteiger partial charge in [-0.15, -0.1) is 0 Å². The molecule has 0 amide bonds. The SMILES string of the molecule is CCc1cccc([S+](c2ccccc2)c2ccc(C)cc2)c1. The topological polar surface area (TPSA) is 0 Å². The molecular formula is C21H21S+. The van der Waals surface area contributed by atoms with Gasteiger partial charge < -0.3 is 0 Å². The summed E-state index contributed by atoms with van der Waals surface area (Å²) in [6.45, 7) is 4.35. The zero-order chi connectivity index (χ0) is 15.4. The van der Waals surface area contributed by atoms with Crippen molar-refractivity contribution in [3.63, 3.8) is 0 Å². The maximum atomic E-state index is 2.36. The molecule has 0 aliphatic carbocycles. The van der Waals surface area contributed by atoms with Crippen LogP contribution in [0.5, 0.6) is 0 Å². The lowest BCUT2D eigenvalue weighted by Crippen LogP contribution is -2.05. The highest BCUT2D eigenvalue weighted by Gasteiger charge is 2.28. The molecule has 0 bridgehead atoms. The molecule has 1 heteroatoms. The Bertz CT molecular complexity index is 729. The van der Waals surface area contributed by atoms with E-state index >= 15 is 0 Å². The highest BCUT2D eigenvalue weighted by atomic mass is 32.2. The van der Waals surface area contributed by atoms with Gasteiger partial charge in [0.25, 0.3) is 0 Å². The van der Waals surface area contributed by atoms with Crippen molar-refractivity contribution in [2.45, 2.75) is 35.0 Å². The Morgan fingerprint density at radius 2 is 1.32 bits per heavy atom. The number of benzene rings is 3. The Balaban J connectivity index is 2.12. The minimum absolute atomic E-state index is 0.0348. The van der Waals surface area contributed by atoms with Gasteiger partial charge in [0, 0.05) is 0 Å². The van der Waals surface area contributed by atoms with Crippen LogP contribution in [0.15, 0.2) is 93.5 Å². The van der Waals surface area contributed by atoms with Gasteiger partial charge in [-0.2, -0.15) is 0 Å². The average molecular weight is 305 g/mol. The van der Waals surface area contributed by atoms with Crippen LogP contribution < -0.4 is 0 Å². The molecule has 110 valence electrons. The van der Waals surface area contributed by atoms with E-state index in [0.29, 0.717) is 0 Å². The summed E-state index contributed by atoms with van der Waals surface area (Å²) >= 11 is 0. The van der Waals surface area contributed by atoms with Crippen LogP contribution in [0.25, 0.3) is 0 Å². The Labute approximate surface area is 136 Å². The molecule has 0 aromatic heterocycles. The molecule has 1 atom stereocenters. The Kier molecular flexibility index (Phi) is 4.65. The molecule has 3 rings (SSSR count). The molecule has 0 heterocycles. The first-order valence-corrected chi connectivity index (χ1v) is 8.95. The van der Waals surface area contributed by atoms with Crippen molar-refractivity contribution < 1.29 is 0 Å². The van der Waals surface area contributed by atoms with E-state index < -0.39 is 0 Å². The summed E-state index contributed by atoms with van der Waals surface area (Å²) in [7, 11) is -0.0348. The lowest BCUT2D eigenvalue weighted by molar-refractivity contribution is 1.12. The van der Waals surface area contributed by atoms with Gasteiger partial charge in [0.05, 0.1) is 10.9 Å². The summed E-state index contributed by atoms with van der Waals surface area (Å²) in [4.78, 5) is 4.15. The summed E-state index contributed by atoms with van der Waals surface area (Å²) in [5.41, 5.74) is 2.71. The number of rotatable bonds is 4. The zero-order valence-electron chi connectivity index (χ0n) is 13.1. The molecule has 22 heavy (non-hydrogen) atoms. The van der Waals surface area contributed by atoms with E-state index in [1.54, 1.807) is 0 Å². The maximum absolute atomic E-state index is 2.36. The predicted octanol–water partition coefficient (Wildman–Crippen LogP) is 5.65. The van der Waals surface area contributed by atoms with Gasteiger partial charge in [-0.25, -0.2) is 0 Å². The van der Waals surface area contributed by atoms with Crippen LogP contribution in [0, 0.1) is 6.92 Å². The van der Waals surface area contributed by atoms with E-state index in [2.05, 4.69) is 92.7 Å². The van der Waals surface area contributed by atoms with Gasteiger partial charge in [-0.05, 0) is 55.3 Å². The van der Waals surface area contributed by atoms with E-state index in [1.807, 2.05) is 0 Å². The summed E-state index contributed by atoms with van der Waals surface area (Å²) in [5.74, 6) is 0. The van der Waals surface area contributed by atoms with E-state index in [0.717, 1.165) is 6.42 Å². The van der Waals surface area contributed by atoms with E-state index in [4.69, 9.17) is 0 Å². The van der Waals surface area contributed by atoms with Crippen LogP contribution in [-0.4, -0.2) is 0 Å². The lowest BCUT2D eigenvalue weighted by atomic mass is 10.2. The molecule has 0 saturated carbocycles. The molecule has 0 saturated heterocycles. The van der Waals surface area contributed by atoms with Gasteiger partial charge in [-0.1, -0.05) is 55.0 Å².